The molecule has 5 heterocycles. The van der Waals surface area contributed by atoms with E-state index >= 15 is 0 Å². The molecule has 0 aliphatic heterocycles. The Balaban J connectivity index is 0.927. The molecule has 0 bridgehead atoms. The van der Waals surface area contributed by atoms with Crippen LogP contribution in [0.25, 0.3) is 149 Å². The van der Waals surface area contributed by atoms with Crippen molar-refractivity contribution in [3.63, 3.8) is 0 Å². The zero-order valence-corrected chi connectivity index (χ0v) is 39.2. The lowest BCUT2D eigenvalue weighted by Gasteiger charge is -2.17. The topological polar surface area (TPSA) is 103 Å². The van der Waals surface area contributed by atoms with Gasteiger partial charge in [-0.3, -0.25) is 0 Å². The lowest BCUT2D eigenvalue weighted by molar-refractivity contribution is 0.672. The minimum Gasteiger partial charge on any atom is -0.455 e. The van der Waals surface area contributed by atoms with E-state index in [1.54, 1.807) is 0 Å². The molecular formula is C65H35N7O2. The fourth-order valence-electron chi connectivity index (χ4n) is 11.2. The van der Waals surface area contributed by atoms with Gasteiger partial charge in [0.2, 0.25) is 0 Å². The maximum absolute atomic E-state index is 11.0. The van der Waals surface area contributed by atoms with Gasteiger partial charge in [0, 0.05) is 49.0 Å². The minimum absolute atomic E-state index is 0.410. The van der Waals surface area contributed by atoms with Crippen LogP contribution in [0.5, 0.6) is 0 Å². The fourth-order valence-corrected chi connectivity index (χ4v) is 11.2. The van der Waals surface area contributed by atoms with Crippen LogP contribution in [0.1, 0.15) is 5.56 Å². The van der Waals surface area contributed by atoms with Gasteiger partial charge in [-0.15, -0.1) is 0 Å². The molecule has 5 aromatic heterocycles. The van der Waals surface area contributed by atoms with Crippen LogP contribution in [0, 0.1) is 17.9 Å². The first-order valence-electron chi connectivity index (χ1n) is 24.3. The third-order valence-corrected chi connectivity index (χ3v) is 14.5. The van der Waals surface area contributed by atoms with E-state index in [0.29, 0.717) is 34.3 Å². The van der Waals surface area contributed by atoms with E-state index in [2.05, 4.69) is 105 Å². The summed E-state index contributed by atoms with van der Waals surface area (Å²) in [5, 5.41) is 19.3. The van der Waals surface area contributed by atoms with Crippen LogP contribution in [-0.4, -0.2) is 24.1 Å². The predicted molar refractivity (Wildman–Crippen MR) is 296 cm³/mol. The van der Waals surface area contributed by atoms with E-state index in [1.165, 1.54) is 0 Å². The predicted octanol–water partition coefficient (Wildman–Crippen LogP) is 17.0. The van der Waals surface area contributed by atoms with E-state index in [1.807, 2.05) is 127 Å². The Morgan fingerprint density at radius 3 is 1.49 bits per heavy atom. The summed E-state index contributed by atoms with van der Waals surface area (Å²) in [5.74, 6) is 1.33. The van der Waals surface area contributed by atoms with Gasteiger partial charge in [-0.1, -0.05) is 127 Å². The molecule has 0 atom stereocenters. The van der Waals surface area contributed by atoms with E-state index in [-0.39, 0.29) is 0 Å². The highest BCUT2D eigenvalue weighted by Gasteiger charge is 2.24. The molecule has 0 radical (unpaired) electrons. The Morgan fingerprint density at radius 2 is 0.892 bits per heavy atom. The number of benzene rings is 10. The van der Waals surface area contributed by atoms with Crippen molar-refractivity contribution in [3.05, 3.63) is 229 Å². The van der Waals surface area contributed by atoms with Crippen LogP contribution in [0.3, 0.4) is 0 Å². The second-order valence-electron chi connectivity index (χ2n) is 18.5. The molecule has 9 heteroatoms. The van der Waals surface area contributed by atoms with Crippen molar-refractivity contribution in [1.29, 1.82) is 5.26 Å². The van der Waals surface area contributed by atoms with Crippen molar-refractivity contribution in [3.8, 4) is 62.7 Å². The number of hydrogen-bond acceptors (Lipinski definition) is 6. The first kappa shape index (κ1) is 41.2. The van der Waals surface area contributed by atoms with Crippen LogP contribution in [-0.2, 0) is 0 Å². The fraction of sp³-hybridized carbons (Fsp3) is 0. The Kier molecular flexibility index (Phi) is 8.88. The van der Waals surface area contributed by atoms with Crippen molar-refractivity contribution in [2.24, 2.45) is 0 Å². The average Bonchev–Trinajstić information content (AvgIpc) is 4.23. The summed E-state index contributed by atoms with van der Waals surface area (Å²) in [7, 11) is 0. The summed E-state index contributed by atoms with van der Waals surface area (Å²) in [6, 6.07) is 73.6. The molecule has 0 fully saturated rings. The van der Waals surface area contributed by atoms with Gasteiger partial charge < -0.3 is 18.0 Å². The zero-order valence-electron chi connectivity index (χ0n) is 39.2. The lowest BCUT2D eigenvalue weighted by atomic mass is 9.98. The Bertz CT molecular complexity index is 4950. The van der Waals surface area contributed by atoms with Crippen LogP contribution < -0.4 is 0 Å². The van der Waals surface area contributed by atoms with Crippen LogP contribution >= 0.6 is 0 Å². The third kappa shape index (κ3) is 6.05. The molecule has 10 aromatic carbocycles. The van der Waals surface area contributed by atoms with Gasteiger partial charge >= 0.3 is 0 Å². The minimum atomic E-state index is 0.410. The van der Waals surface area contributed by atoms with Crippen molar-refractivity contribution >= 4 is 93.2 Å². The van der Waals surface area contributed by atoms with Crippen molar-refractivity contribution in [2.75, 3.05) is 0 Å². The SMILES string of the molecule is [C-]#[N+]c1ccccc1-c1cc(-c2nc(-c3ccccc3)nc(-c3ccc(-n4c5ccccc5c5c6oc7ccccc7c6ccc54)c(C#N)c3)n2)ccc1-n1c2ccccc2c2c3oc4ccccc4c3ccc21. The van der Waals surface area contributed by atoms with Gasteiger partial charge in [-0.05, 0) is 96.1 Å². The van der Waals surface area contributed by atoms with E-state index < -0.39 is 0 Å². The van der Waals surface area contributed by atoms with Gasteiger partial charge in [0.05, 0.1) is 56.3 Å². The summed E-state index contributed by atoms with van der Waals surface area (Å²) in [5.41, 5.74) is 13.5. The number of fused-ring (bicyclic) bond motifs is 14. The molecule has 15 aromatic rings. The van der Waals surface area contributed by atoms with Crippen molar-refractivity contribution < 1.29 is 8.83 Å². The van der Waals surface area contributed by atoms with E-state index in [9.17, 15) is 5.26 Å². The third-order valence-electron chi connectivity index (χ3n) is 14.5. The standard InChI is InChI=1S/C65H35N7O2/c1-67-50-22-10-5-17-42(50)49-36-40(28-32-54(49)72-53-24-12-7-21-48(53)60-56(72)34-30-46-44-19-9-14-26-58(44)74-62(46)60)65-69-63(38-15-3-2-4-16-38)68-64(70-65)39-27-31-51(41(35-39)37-66)71-52-23-11-6-20-47(52)59-55(71)33-29-45-43-18-8-13-25-57(43)73-61(45)59/h2-36H. The molecule has 0 spiro atoms. The molecule has 9 nitrogen and oxygen atoms in total. The maximum Gasteiger partial charge on any atom is 0.194 e. The number of nitrogens with zero attached hydrogens (tertiary/aromatic N) is 7. The van der Waals surface area contributed by atoms with Crippen molar-refractivity contribution in [2.45, 2.75) is 0 Å². The highest BCUT2D eigenvalue weighted by atomic mass is 16.3. The summed E-state index contributed by atoms with van der Waals surface area (Å²) in [6.45, 7) is 8.32. The monoisotopic (exact) mass is 945 g/mol. The van der Waals surface area contributed by atoms with Gasteiger partial charge in [0.25, 0.3) is 0 Å². The molecule has 0 aliphatic carbocycles. The summed E-state index contributed by atoms with van der Waals surface area (Å²) in [6.07, 6.45) is 0. The molecule has 0 saturated heterocycles. The summed E-state index contributed by atoms with van der Waals surface area (Å²) in [4.78, 5) is 19.5. The Labute approximate surface area is 421 Å². The van der Waals surface area contributed by atoms with Crippen LogP contribution in [0.4, 0.5) is 5.69 Å². The van der Waals surface area contributed by atoms with Crippen LogP contribution in [0.2, 0.25) is 0 Å². The number of para-hydroxylation sites is 5. The second-order valence-corrected chi connectivity index (χ2v) is 18.5. The maximum atomic E-state index is 11.0. The van der Waals surface area contributed by atoms with Gasteiger partial charge in [0.15, 0.2) is 23.2 Å². The summed E-state index contributed by atoms with van der Waals surface area (Å²) >= 11 is 0. The smallest absolute Gasteiger partial charge is 0.194 e. The molecule has 74 heavy (non-hydrogen) atoms. The molecule has 0 amide bonds. The largest absolute Gasteiger partial charge is 0.455 e. The lowest BCUT2D eigenvalue weighted by Crippen LogP contribution is -2.03. The number of hydrogen-bond donors (Lipinski definition) is 0. The molecule has 342 valence electrons. The van der Waals surface area contributed by atoms with Crippen molar-refractivity contribution in [1.82, 2.24) is 24.1 Å². The highest BCUT2D eigenvalue weighted by Crippen LogP contribution is 2.45. The Hall–Kier alpha value is -10.6. The average molecular weight is 946 g/mol. The van der Waals surface area contributed by atoms with Gasteiger partial charge in [0.1, 0.15) is 28.4 Å². The zero-order chi connectivity index (χ0) is 49.0. The van der Waals surface area contributed by atoms with E-state index in [4.69, 9.17) is 30.4 Å². The highest BCUT2D eigenvalue weighted by molar-refractivity contribution is 6.25. The molecular weight excluding hydrogens is 911 g/mol. The second kappa shape index (κ2) is 16.0. The Morgan fingerprint density at radius 1 is 0.405 bits per heavy atom. The normalized spacial score (nSPS) is 11.8. The molecule has 15 rings (SSSR count). The van der Waals surface area contributed by atoms with Gasteiger partial charge in [-0.2, -0.15) is 5.26 Å². The number of rotatable bonds is 6. The van der Waals surface area contributed by atoms with Gasteiger partial charge in [-0.25, -0.2) is 19.8 Å². The molecule has 0 saturated carbocycles. The quantitative estimate of drug-likeness (QED) is 0.154. The number of nitriles is 1. The number of furan rings is 2. The first-order chi connectivity index (χ1) is 36.6. The molecule has 0 N–H and O–H groups in total. The number of aromatic nitrogens is 5. The first-order valence-corrected chi connectivity index (χ1v) is 24.3. The molecule has 0 unspecified atom stereocenters. The molecule has 0 aliphatic rings. The van der Waals surface area contributed by atoms with Crippen LogP contribution in [0.15, 0.2) is 221 Å². The van der Waals surface area contributed by atoms with E-state index in [0.717, 1.165) is 121 Å². The summed E-state index contributed by atoms with van der Waals surface area (Å²) < 4.78 is 17.6.